The fraction of sp³-hybridized carbons (Fsp3) is 1.00. The fourth-order valence-corrected chi connectivity index (χ4v) is 1.41. The first kappa shape index (κ1) is 10.2. The molecule has 0 bridgehead atoms. The highest BCUT2D eigenvalue weighted by molar-refractivity contribution is 7.88. The number of nitrogens with one attached hydrogen (secondary N) is 1. The van der Waals surface area contributed by atoms with Crippen LogP contribution in [0.4, 0.5) is 0 Å². The average Bonchev–Trinajstić information content (AvgIpc) is 1.86. The Morgan fingerprint density at radius 2 is 2.00 bits per heavy atom. The molecular weight excluding hydrogens is 176 g/mol. The average molecular weight is 187 g/mol. The maximum absolute atomic E-state index is 10.8. The van der Waals surface area contributed by atoms with Gasteiger partial charge in [-0.2, -0.15) is 8.42 Å². The molecule has 0 aromatic heterocycles. The summed E-state index contributed by atoms with van der Waals surface area (Å²) in [5, 5.41) is 0. The third kappa shape index (κ3) is 2.83. The highest BCUT2D eigenvalue weighted by atomic mass is 35.5. The van der Waals surface area contributed by atoms with E-state index < -0.39 is 10.2 Å². The van der Waals surface area contributed by atoms with Crippen molar-refractivity contribution in [2.45, 2.75) is 13.8 Å². The molecule has 0 saturated carbocycles. The van der Waals surface area contributed by atoms with Crippen molar-refractivity contribution in [3.8, 4) is 0 Å². The van der Waals surface area contributed by atoms with Gasteiger partial charge in [-0.3, -0.25) is 0 Å². The van der Waals surface area contributed by atoms with E-state index in [0.717, 1.165) is 3.82 Å². The largest absolute Gasteiger partial charge is 0.292 e. The van der Waals surface area contributed by atoms with E-state index in [1.165, 1.54) is 0 Å². The second-order valence-electron chi connectivity index (χ2n) is 1.61. The summed E-state index contributed by atoms with van der Waals surface area (Å²) in [5.74, 6) is 0. The summed E-state index contributed by atoms with van der Waals surface area (Å²) in [6, 6.07) is 0. The van der Waals surface area contributed by atoms with Gasteiger partial charge in [0.2, 0.25) is 0 Å². The summed E-state index contributed by atoms with van der Waals surface area (Å²) in [6.45, 7) is 3.96. The molecule has 0 spiro atoms. The minimum atomic E-state index is -3.41. The maximum atomic E-state index is 10.8. The molecule has 62 valence electrons. The fourth-order valence-electron chi connectivity index (χ4n) is 0.422. The molecule has 0 amide bonds. The normalized spacial score (nSPS) is 12.4. The molecule has 6 heteroatoms. The second-order valence-corrected chi connectivity index (χ2v) is 3.89. The monoisotopic (exact) mass is 186 g/mol. The van der Waals surface area contributed by atoms with E-state index in [2.05, 4.69) is 4.72 Å². The highest BCUT2D eigenvalue weighted by Gasteiger charge is 2.15. The molecule has 0 aliphatic carbocycles. The van der Waals surface area contributed by atoms with Crippen molar-refractivity contribution in [2.75, 3.05) is 13.1 Å². The van der Waals surface area contributed by atoms with Crippen molar-refractivity contribution in [2.24, 2.45) is 0 Å². The Morgan fingerprint density at radius 3 is 2.30 bits per heavy atom. The van der Waals surface area contributed by atoms with Gasteiger partial charge in [0.15, 0.2) is 0 Å². The van der Waals surface area contributed by atoms with Crippen LogP contribution in [0.1, 0.15) is 13.8 Å². The zero-order valence-electron chi connectivity index (χ0n) is 5.96. The highest BCUT2D eigenvalue weighted by Crippen LogP contribution is 1.99. The molecule has 0 aliphatic heterocycles. The van der Waals surface area contributed by atoms with E-state index in [0.29, 0.717) is 6.54 Å². The first-order valence-electron chi connectivity index (χ1n) is 2.97. The van der Waals surface area contributed by atoms with Gasteiger partial charge in [-0.15, -0.1) is 3.82 Å². The van der Waals surface area contributed by atoms with E-state index >= 15 is 0 Å². The molecular formula is C4H11ClN2O2S. The SMILES string of the molecule is CCNS(=O)(=O)N(Cl)CC. The van der Waals surface area contributed by atoms with E-state index in [4.69, 9.17) is 11.8 Å². The molecule has 0 heterocycles. The first-order valence-corrected chi connectivity index (χ1v) is 4.75. The molecule has 0 radical (unpaired) electrons. The minimum absolute atomic E-state index is 0.261. The molecule has 0 fully saturated rings. The van der Waals surface area contributed by atoms with Crippen molar-refractivity contribution in [3.63, 3.8) is 0 Å². The molecule has 0 atom stereocenters. The van der Waals surface area contributed by atoms with Crippen LogP contribution >= 0.6 is 11.8 Å². The lowest BCUT2D eigenvalue weighted by Crippen LogP contribution is -2.34. The van der Waals surface area contributed by atoms with Crippen LogP contribution in [0.25, 0.3) is 0 Å². The number of halogens is 1. The van der Waals surface area contributed by atoms with E-state index in [1.807, 2.05) is 0 Å². The molecule has 0 aliphatic rings. The predicted molar refractivity (Wildman–Crippen MR) is 40.8 cm³/mol. The van der Waals surface area contributed by atoms with Crippen LogP contribution in [-0.2, 0) is 10.2 Å². The van der Waals surface area contributed by atoms with Gasteiger partial charge in [0.1, 0.15) is 0 Å². The quantitative estimate of drug-likeness (QED) is 0.643. The topological polar surface area (TPSA) is 49.4 Å². The predicted octanol–water partition coefficient (Wildman–Crippen LogP) is 0.316. The Morgan fingerprint density at radius 1 is 1.50 bits per heavy atom. The molecule has 0 aromatic rings. The standard InChI is InChI=1S/C4H11ClN2O2S/c1-3-6-10(8,9)7(5)4-2/h6H,3-4H2,1-2H3. The maximum Gasteiger partial charge on any atom is 0.292 e. The van der Waals surface area contributed by atoms with Gasteiger partial charge in [0.05, 0.1) is 0 Å². The minimum Gasteiger partial charge on any atom is -0.201 e. The third-order valence-electron chi connectivity index (χ3n) is 0.836. The molecule has 0 rings (SSSR count). The van der Waals surface area contributed by atoms with Crippen molar-refractivity contribution in [3.05, 3.63) is 0 Å². The molecule has 10 heavy (non-hydrogen) atoms. The Labute approximate surface area is 66.5 Å². The Kier molecular flexibility index (Phi) is 4.19. The molecule has 0 saturated heterocycles. The van der Waals surface area contributed by atoms with Gasteiger partial charge in [-0.1, -0.05) is 6.92 Å². The van der Waals surface area contributed by atoms with Crippen LogP contribution in [0.3, 0.4) is 0 Å². The van der Waals surface area contributed by atoms with Crippen molar-refractivity contribution >= 4 is 22.0 Å². The van der Waals surface area contributed by atoms with E-state index in [-0.39, 0.29) is 6.54 Å². The van der Waals surface area contributed by atoms with E-state index in [1.54, 1.807) is 13.8 Å². The second kappa shape index (κ2) is 4.12. The zero-order chi connectivity index (χ0) is 8.20. The van der Waals surface area contributed by atoms with Crippen LogP contribution in [0, 0.1) is 0 Å². The van der Waals surface area contributed by atoms with Gasteiger partial charge >= 0.3 is 0 Å². The zero-order valence-corrected chi connectivity index (χ0v) is 7.54. The van der Waals surface area contributed by atoms with Crippen LogP contribution in [0.15, 0.2) is 0 Å². The summed E-state index contributed by atoms with van der Waals surface area (Å²) in [4.78, 5) is 0. The Bertz CT molecular complexity index is 180. The molecule has 0 aromatic carbocycles. The lowest BCUT2D eigenvalue weighted by Gasteiger charge is -2.10. The number of rotatable bonds is 4. The summed E-state index contributed by atoms with van der Waals surface area (Å²) < 4.78 is 24.7. The number of nitrogens with zero attached hydrogens (tertiary/aromatic N) is 1. The number of hydrogen-bond acceptors (Lipinski definition) is 2. The summed E-state index contributed by atoms with van der Waals surface area (Å²) in [6.07, 6.45) is 0. The van der Waals surface area contributed by atoms with Gasteiger partial charge in [-0.05, 0) is 18.7 Å². The third-order valence-corrected chi connectivity index (χ3v) is 3.05. The van der Waals surface area contributed by atoms with Crippen molar-refractivity contribution < 1.29 is 8.42 Å². The summed E-state index contributed by atoms with van der Waals surface area (Å²) in [5.41, 5.74) is 0. The molecule has 4 nitrogen and oxygen atoms in total. The smallest absolute Gasteiger partial charge is 0.201 e. The Balaban J connectivity index is 4.12. The first-order chi connectivity index (χ1) is 4.54. The Hall–Kier alpha value is 0.160. The van der Waals surface area contributed by atoms with Crippen LogP contribution in [0.5, 0.6) is 0 Å². The lowest BCUT2D eigenvalue weighted by molar-refractivity contribution is 0.531. The van der Waals surface area contributed by atoms with Gasteiger partial charge in [0.25, 0.3) is 10.2 Å². The van der Waals surface area contributed by atoms with Gasteiger partial charge in [-0.25, -0.2) is 4.72 Å². The molecule has 0 unspecified atom stereocenters. The van der Waals surface area contributed by atoms with Crippen molar-refractivity contribution in [1.82, 2.24) is 8.55 Å². The van der Waals surface area contributed by atoms with Crippen molar-refractivity contribution in [1.29, 1.82) is 0 Å². The van der Waals surface area contributed by atoms with Gasteiger partial charge in [0, 0.05) is 13.1 Å². The lowest BCUT2D eigenvalue weighted by atomic mass is 10.8. The van der Waals surface area contributed by atoms with Crippen LogP contribution in [-0.4, -0.2) is 25.3 Å². The van der Waals surface area contributed by atoms with Crippen LogP contribution in [0.2, 0.25) is 0 Å². The van der Waals surface area contributed by atoms with E-state index in [9.17, 15) is 8.42 Å². The summed E-state index contributed by atoms with van der Waals surface area (Å²) in [7, 11) is -3.41. The molecule has 1 N–H and O–H groups in total. The number of hydrogen-bond donors (Lipinski definition) is 1. The van der Waals surface area contributed by atoms with Crippen LogP contribution < -0.4 is 4.72 Å². The summed E-state index contributed by atoms with van der Waals surface area (Å²) >= 11 is 5.32. The van der Waals surface area contributed by atoms with Gasteiger partial charge < -0.3 is 0 Å².